The molecule has 1 saturated heterocycles. The van der Waals surface area contributed by atoms with E-state index in [0.29, 0.717) is 5.92 Å². The molecular formula is C20H31ClN2O3. The highest BCUT2D eigenvalue weighted by molar-refractivity contribution is 5.85. The number of carbonyl (C=O) groups excluding carboxylic acids is 1. The molecular weight excluding hydrogens is 352 g/mol. The molecule has 1 aromatic carbocycles. The number of hydrogen-bond acceptors (Lipinski definition) is 4. The third-order valence-electron chi connectivity index (χ3n) is 5.56. The van der Waals surface area contributed by atoms with Crippen molar-refractivity contribution in [3.63, 3.8) is 0 Å². The molecule has 1 heterocycles. The number of benzene rings is 1. The molecule has 1 saturated carbocycles. The van der Waals surface area contributed by atoms with Crippen molar-refractivity contribution in [3.05, 3.63) is 29.8 Å². The zero-order chi connectivity index (χ0) is 17.9. The highest BCUT2D eigenvalue weighted by Gasteiger charge is 2.49. The summed E-state index contributed by atoms with van der Waals surface area (Å²) in [5.41, 5.74) is 0.487. The van der Waals surface area contributed by atoms with Crippen LogP contribution in [-0.2, 0) is 4.79 Å². The van der Waals surface area contributed by atoms with E-state index in [1.807, 2.05) is 38.1 Å². The third kappa shape index (κ3) is 4.51. The van der Waals surface area contributed by atoms with Crippen LogP contribution in [0.25, 0.3) is 0 Å². The lowest BCUT2D eigenvalue weighted by atomic mass is 9.67. The van der Waals surface area contributed by atoms with Gasteiger partial charge in [0.25, 0.3) is 0 Å². The summed E-state index contributed by atoms with van der Waals surface area (Å²) >= 11 is 0. The average Bonchev–Trinajstić information content (AvgIpc) is 3.04. The maximum atomic E-state index is 12.9. The first-order valence-electron chi connectivity index (χ1n) is 9.45. The molecule has 2 fully saturated rings. The van der Waals surface area contributed by atoms with Crippen molar-refractivity contribution in [2.45, 2.75) is 51.7 Å². The van der Waals surface area contributed by atoms with Crippen LogP contribution in [0.3, 0.4) is 0 Å². The number of halogens is 1. The van der Waals surface area contributed by atoms with Gasteiger partial charge < -0.3 is 20.5 Å². The highest BCUT2D eigenvalue weighted by atomic mass is 35.5. The summed E-state index contributed by atoms with van der Waals surface area (Å²) in [7, 11) is 0. The molecule has 26 heavy (non-hydrogen) atoms. The minimum absolute atomic E-state index is 0. The number of ether oxygens (including phenoxy) is 1. The van der Waals surface area contributed by atoms with E-state index in [2.05, 4.69) is 10.6 Å². The van der Waals surface area contributed by atoms with Crippen molar-refractivity contribution in [2.24, 2.45) is 11.3 Å². The van der Waals surface area contributed by atoms with Gasteiger partial charge in [-0.25, -0.2) is 0 Å². The first-order valence-corrected chi connectivity index (χ1v) is 9.45. The van der Waals surface area contributed by atoms with Crippen molar-refractivity contribution < 1.29 is 14.6 Å². The van der Waals surface area contributed by atoms with Gasteiger partial charge in [-0.2, -0.15) is 0 Å². The van der Waals surface area contributed by atoms with Crippen molar-refractivity contribution in [3.8, 4) is 5.75 Å². The molecule has 1 aliphatic carbocycles. The molecule has 3 N–H and O–H groups in total. The fraction of sp³-hybridized carbons (Fsp3) is 0.650. The summed E-state index contributed by atoms with van der Waals surface area (Å²) in [4.78, 5) is 12.9. The van der Waals surface area contributed by atoms with E-state index in [9.17, 15) is 9.90 Å². The second-order valence-corrected chi connectivity index (χ2v) is 7.69. The SMILES string of the molecule is CC(C)Oc1cccc(C(O)CNC(=O)[C@@]23CCCC[C@H]2CNC3)c1.Cl. The maximum Gasteiger partial charge on any atom is 0.227 e. The zero-order valence-corrected chi connectivity index (χ0v) is 16.5. The summed E-state index contributed by atoms with van der Waals surface area (Å²) in [6.07, 6.45) is 3.76. The summed E-state index contributed by atoms with van der Waals surface area (Å²) in [5, 5.41) is 16.9. The normalized spacial score (nSPS) is 25.9. The average molecular weight is 383 g/mol. The Morgan fingerprint density at radius 1 is 1.42 bits per heavy atom. The molecule has 0 bridgehead atoms. The van der Waals surface area contributed by atoms with Crippen LogP contribution in [0.1, 0.15) is 51.2 Å². The number of hydrogen-bond donors (Lipinski definition) is 3. The molecule has 3 atom stereocenters. The van der Waals surface area contributed by atoms with E-state index in [-0.39, 0.29) is 36.4 Å². The molecule has 1 aliphatic heterocycles. The number of aliphatic hydroxyl groups is 1. The summed E-state index contributed by atoms with van der Waals surface area (Å²) in [5.74, 6) is 1.26. The molecule has 3 rings (SSSR count). The molecule has 0 aromatic heterocycles. The van der Waals surface area contributed by atoms with Gasteiger partial charge in [0.2, 0.25) is 5.91 Å². The Morgan fingerprint density at radius 3 is 3.00 bits per heavy atom. The first-order chi connectivity index (χ1) is 12.0. The number of rotatable bonds is 6. The van der Waals surface area contributed by atoms with Gasteiger partial charge in [-0.15, -0.1) is 12.4 Å². The largest absolute Gasteiger partial charge is 0.491 e. The zero-order valence-electron chi connectivity index (χ0n) is 15.7. The first kappa shape index (κ1) is 21.0. The van der Waals surface area contributed by atoms with Crippen LogP contribution in [0.2, 0.25) is 0 Å². The molecule has 5 nitrogen and oxygen atoms in total. The number of aliphatic hydroxyl groups excluding tert-OH is 1. The van der Waals surface area contributed by atoms with Gasteiger partial charge in [0.05, 0.1) is 17.6 Å². The van der Waals surface area contributed by atoms with Gasteiger partial charge in [-0.1, -0.05) is 25.0 Å². The highest BCUT2D eigenvalue weighted by Crippen LogP contribution is 2.43. The van der Waals surface area contributed by atoms with Crippen LogP contribution in [0.5, 0.6) is 5.75 Å². The Morgan fingerprint density at radius 2 is 2.23 bits per heavy atom. The number of amides is 1. The Labute approximate surface area is 162 Å². The van der Waals surface area contributed by atoms with Gasteiger partial charge in [0.1, 0.15) is 5.75 Å². The molecule has 0 radical (unpaired) electrons. The topological polar surface area (TPSA) is 70.6 Å². The van der Waals surface area contributed by atoms with Crippen molar-refractivity contribution >= 4 is 18.3 Å². The predicted octanol–water partition coefficient (Wildman–Crippen LogP) is 2.83. The van der Waals surface area contributed by atoms with E-state index in [4.69, 9.17) is 4.74 Å². The van der Waals surface area contributed by atoms with E-state index in [0.717, 1.165) is 43.7 Å². The number of nitrogens with one attached hydrogen (secondary N) is 2. The number of fused-ring (bicyclic) bond motifs is 1. The quantitative estimate of drug-likeness (QED) is 0.707. The molecule has 2 aliphatic rings. The van der Waals surface area contributed by atoms with Gasteiger partial charge in [0, 0.05) is 13.1 Å². The molecule has 146 valence electrons. The minimum Gasteiger partial charge on any atom is -0.491 e. The smallest absolute Gasteiger partial charge is 0.227 e. The molecule has 1 aromatic rings. The summed E-state index contributed by atoms with van der Waals surface area (Å²) < 4.78 is 5.67. The monoisotopic (exact) mass is 382 g/mol. The van der Waals surface area contributed by atoms with Crippen LogP contribution in [-0.4, -0.2) is 36.8 Å². The predicted molar refractivity (Wildman–Crippen MR) is 105 cm³/mol. The van der Waals surface area contributed by atoms with Crippen LogP contribution in [0, 0.1) is 11.3 Å². The van der Waals surface area contributed by atoms with E-state index in [1.54, 1.807) is 0 Å². The Hall–Kier alpha value is -1.30. The van der Waals surface area contributed by atoms with E-state index >= 15 is 0 Å². The van der Waals surface area contributed by atoms with Crippen molar-refractivity contribution in [1.82, 2.24) is 10.6 Å². The minimum atomic E-state index is -0.729. The van der Waals surface area contributed by atoms with Gasteiger partial charge in [0.15, 0.2) is 0 Å². The van der Waals surface area contributed by atoms with Crippen LogP contribution < -0.4 is 15.4 Å². The Kier molecular flexibility index (Phi) is 7.33. The van der Waals surface area contributed by atoms with Crippen LogP contribution in [0.4, 0.5) is 0 Å². The van der Waals surface area contributed by atoms with Gasteiger partial charge >= 0.3 is 0 Å². The molecule has 1 unspecified atom stereocenters. The van der Waals surface area contributed by atoms with Crippen molar-refractivity contribution in [2.75, 3.05) is 19.6 Å². The molecule has 0 spiro atoms. The lowest BCUT2D eigenvalue weighted by Gasteiger charge is -2.37. The fourth-order valence-corrected chi connectivity index (χ4v) is 4.24. The second kappa shape index (κ2) is 9.07. The lowest BCUT2D eigenvalue weighted by Crippen LogP contribution is -2.48. The van der Waals surface area contributed by atoms with Gasteiger partial charge in [-0.05, 0) is 56.8 Å². The Bertz CT molecular complexity index is 610. The molecule has 1 amide bonds. The summed E-state index contributed by atoms with van der Waals surface area (Å²) in [6.45, 7) is 5.87. The van der Waals surface area contributed by atoms with Gasteiger partial charge in [-0.3, -0.25) is 4.79 Å². The maximum absolute atomic E-state index is 12.9. The number of carbonyl (C=O) groups is 1. The van der Waals surface area contributed by atoms with Crippen LogP contribution in [0.15, 0.2) is 24.3 Å². The Balaban J connectivity index is 0.00000243. The third-order valence-corrected chi connectivity index (χ3v) is 5.56. The van der Waals surface area contributed by atoms with Crippen molar-refractivity contribution in [1.29, 1.82) is 0 Å². The summed E-state index contributed by atoms with van der Waals surface area (Å²) in [6, 6.07) is 7.46. The van der Waals surface area contributed by atoms with Crippen LogP contribution >= 0.6 is 12.4 Å². The van der Waals surface area contributed by atoms with E-state index < -0.39 is 6.10 Å². The lowest BCUT2D eigenvalue weighted by molar-refractivity contribution is -0.134. The molecule has 6 heteroatoms. The second-order valence-electron chi connectivity index (χ2n) is 7.69. The fourth-order valence-electron chi connectivity index (χ4n) is 4.24. The standard InChI is InChI=1S/C20H30N2O3.ClH/c1-14(2)25-17-8-5-6-15(10-17)18(23)12-22-19(24)20-9-4-3-7-16(20)11-21-13-20;/h5-6,8,10,14,16,18,21,23H,3-4,7,9,11-13H2,1-2H3,(H,22,24);1H/t16-,18?,20+;/m0./s1. The van der Waals surface area contributed by atoms with E-state index in [1.165, 1.54) is 6.42 Å².